The molecule has 10 nitrogen and oxygen atoms in total. The van der Waals surface area contributed by atoms with E-state index in [1.807, 2.05) is 11.6 Å². The van der Waals surface area contributed by atoms with Gasteiger partial charge in [-0.25, -0.2) is 9.67 Å². The molecule has 1 aliphatic heterocycles. The van der Waals surface area contributed by atoms with E-state index in [0.717, 1.165) is 29.6 Å². The van der Waals surface area contributed by atoms with E-state index in [-0.39, 0.29) is 6.42 Å². The normalized spacial score (nSPS) is 21.6. The molecule has 10 heteroatoms. The van der Waals surface area contributed by atoms with E-state index in [1.54, 1.807) is 26.5 Å². The smallest absolute Gasteiger partial charge is 0.297 e. The lowest BCUT2D eigenvalue weighted by molar-refractivity contribution is -0.161. The van der Waals surface area contributed by atoms with Crippen molar-refractivity contribution in [3.63, 3.8) is 0 Å². The number of nitrogens with one attached hydrogen (secondary N) is 1. The van der Waals surface area contributed by atoms with Gasteiger partial charge in [0, 0.05) is 38.4 Å². The lowest BCUT2D eigenvalue weighted by atomic mass is 9.91. The molecular formula is C21H29N7O3. The molecule has 1 saturated carbocycles. The number of carbonyl (C=O) groups excluding carboxylic acids is 2. The molecule has 2 aromatic heterocycles. The fraction of sp³-hybridized carbons (Fsp3) is 0.571. The number of primary amides is 1. The standard InChI is InChI=1S/C21H29N7O3/c1-4-28-18-15(12-24-28)17(25-13-8-6-5-7-9-13)14(11-23-18)16-10-21(19(22)29,31-26-16)20(30)27(2)3/h11-13H,4-10H2,1-3H3,(H2,22,29)(H,23,25). The zero-order chi connectivity index (χ0) is 22.2. The van der Waals surface area contributed by atoms with Crippen molar-refractivity contribution in [2.24, 2.45) is 10.9 Å². The first-order valence-corrected chi connectivity index (χ1v) is 10.8. The first-order valence-electron chi connectivity index (χ1n) is 10.8. The maximum absolute atomic E-state index is 12.7. The minimum absolute atomic E-state index is 0.0478. The van der Waals surface area contributed by atoms with Crippen LogP contribution in [-0.2, 0) is 21.0 Å². The fourth-order valence-corrected chi connectivity index (χ4v) is 4.37. The Morgan fingerprint density at radius 2 is 2.03 bits per heavy atom. The van der Waals surface area contributed by atoms with Gasteiger partial charge in [-0.3, -0.25) is 9.59 Å². The first-order chi connectivity index (χ1) is 14.9. The first kappa shape index (κ1) is 21.1. The largest absolute Gasteiger partial charge is 0.381 e. The van der Waals surface area contributed by atoms with Crippen LogP contribution in [0.5, 0.6) is 0 Å². The third-order valence-corrected chi connectivity index (χ3v) is 6.11. The summed E-state index contributed by atoms with van der Waals surface area (Å²) >= 11 is 0. The van der Waals surface area contributed by atoms with Crippen molar-refractivity contribution in [2.45, 2.75) is 63.6 Å². The third kappa shape index (κ3) is 3.60. The van der Waals surface area contributed by atoms with Crippen molar-refractivity contribution in [1.82, 2.24) is 19.7 Å². The van der Waals surface area contributed by atoms with Gasteiger partial charge < -0.3 is 20.8 Å². The minimum Gasteiger partial charge on any atom is -0.381 e. The lowest BCUT2D eigenvalue weighted by Gasteiger charge is -2.26. The number of aryl methyl sites for hydroxylation is 1. The van der Waals surface area contributed by atoms with Crippen LogP contribution in [0.3, 0.4) is 0 Å². The van der Waals surface area contributed by atoms with Gasteiger partial charge in [0.05, 0.1) is 29.4 Å². The number of fused-ring (bicyclic) bond motifs is 1. The summed E-state index contributed by atoms with van der Waals surface area (Å²) in [4.78, 5) is 36.3. The van der Waals surface area contributed by atoms with Gasteiger partial charge in [0.25, 0.3) is 17.4 Å². The van der Waals surface area contributed by atoms with Crippen LogP contribution in [0, 0.1) is 0 Å². The summed E-state index contributed by atoms with van der Waals surface area (Å²) < 4.78 is 1.83. The Hall–Kier alpha value is -3.17. The van der Waals surface area contributed by atoms with Crippen molar-refractivity contribution in [2.75, 3.05) is 19.4 Å². The van der Waals surface area contributed by atoms with Crippen LogP contribution >= 0.6 is 0 Å². The van der Waals surface area contributed by atoms with Gasteiger partial charge in [0.1, 0.15) is 0 Å². The zero-order valence-corrected chi connectivity index (χ0v) is 18.2. The molecule has 2 aromatic rings. The zero-order valence-electron chi connectivity index (χ0n) is 18.2. The van der Waals surface area contributed by atoms with E-state index in [4.69, 9.17) is 10.6 Å². The maximum Gasteiger partial charge on any atom is 0.297 e. The molecule has 3 heterocycles. The number of nitrogens with two attached hydrogens (primary N) is 1. The Morgan fingerprint density at radius 3 is 2.68 bits per heavy atom. The number of likely N-dealkylation sites (N-methyl/N-ethyl adjacent to an activating group) is 1. The molecule has 2 amide bonds. The van der Waals surface area contributed by atoms with Crippen LogP contribution in [0.2, 0.25) is 0 Å². The van der Waals surface area contributed by atoms with E-state index in [2.05, 4.69) is 20.6 Å². The molecule has 1 atom stereocenters. The molecule has 3 N–H and O–H groups in total. The van der Waals surface area contributed by atoms with Crippen molar-refractivity contribution in [3.05, 3.63) is 18.0 Å². The molecule has 1 aliphatic carbocycles. The minimum atomic E-state index is -1.84. The molecule has 0 bridgehead atoms. The van der Waals surface area contributed by atoms with Gasteiger partial charge in [-0.15, -0.1) is 0 Å². The SMILES string of the molecule is CCn1ncc2c(NC3CCCCC3)c(C3=NOC(C(N)=O)(C(=O)N(C)C)C3)cnc21. The molecular weight excluding hydrogens is 398 g/mol. The topological polar surface area (TPSA) is 128 Å². The molecule has 31 heavy (non-hydrogen) atoms. The average Bonchev–Trinajstić information content (AvgIpc) is 3.39. The van der Waals surface area contributed by atoms with Crippen molar-refractivity contribution >= 4 is 34.2 Å². The molecule has 0 saturated heterocycles. The van der Waals surface area contributed by atoms with Crippen LogP contribution in [-0.4, -0.2) is 62.9 Å². The van der Waals surface area contributed by atoms with E-state index in [9.17, 15) is 9.59 Å². The fourth-order valence-electron chi connectivity index (χ4n) is 4.37. The molecule has 166 valence electrons. The summed E-state index contributed by atoms with van der Waals surface area (Å²) in [5.41, 5.74) is 6.53. The van der Waals surface area contributed by atoms with Crippen molar-refractivity contribution in [3.8, 4) is 0 Å². The van der Waals surface area contributed by atoms with E-state index < -0.39 is 17.4 Å². The Balaban J connectivity index is 1.75. The number of nitrogens with zero attached hydrogens (tertiary/aromatic N) is 5. The highest BCUT2D eigenvalue weighted by Crippen LogP contribution is 2.35. The Bertz CT molecular complexity index is 1040. The molecule has 0 spiro atoms. The number of oxime groups is 1. The van der Waals surface area contributed by atoms with Gasteiger partial charge in [-0.2, -0.15) is 5.10 Å². The van der Waals surface area contributed by atoms with Crippen LogP contribution in [0.15, 0.2) is 17.5 Å². The third-order valence-electron chi connectivity index (χ3n) is 6.11. The number of amides is 2. The van der Waals surface area contributed by atoms with Crippen LogP contribution < -0.4 is 11.1 Å². The number of pyridine rings is 1. The summed E-state index contributed by atoms with van der Waals surface area (Å²) in [5, 5.41) is 13.1. The predicted molar refractivity (Wildman–Crippen MR) is 117 cm³/mol. The number of rotatable bonds is 6. The Kier molecular flexibility index (Phi) is 5.55. The predicted octanol–water partition coefficient (Wildman–Crippen LogP) is 1.63. The Morgan fingerprint density at radius 1 is 1.29 bits per heavy atom. The molecule has 2 aliphatic rings. The average molecular weight is 428 g/mol. The van der Waals surface area contributed by atoms with Gasteiger partial charge in [-0.05, 0) is 19.8 Å². The van der Waals surface area contributed by atoms with E-state index in [0.29, 0.717) is 23.9 Å². The van der Waals surface area contributed by atoms with Crippen molar-refractivity contribution < 1.29 is 14.4 Å². The summed E-state index contributed by atoms with van der Waals surface area (Å²) in [6.07, 6.45) is 9.23. The van der Waals surface area contributed by atoms with E-state index >= 15 is 0 Å². The molecule has 0 radical (unpaired) electrons. The van der Waals surface area contributed by atoms with Crippen LogP contribution in [0.25, 0.3) is 11.0 Å². The van der Waals surface area contributed by atoms with Gasteiger partial charge >= 0.3 is 0 Å². The number of hydrogen-bond acceptors (Lipinski definition) is 7. The van der Waals surface area contributed by atoms with Crippen LogP contribution in [0.1, 0.15) is 51.0 Å². The highest BCUT2D eigenvalue weighted by molar-refractivity contribution is 6.18. The highest BCUT2D eigenvalue weighted by Gasteiger charge is 2.53. The summed E-state index contributed by atoms with van der Waals surface area (Å²) in [6, 6.07) is 0.329. The van der Waals surface area contributed by atoms with Crippen molar-refractivity contribution in [1.29, 1.82) is 0 Å². The quantitative estimate of drug-likeness (QED) is 0.675. The molecule has 4 rings (SSSR count). The lowest BCUT2D eigenvalue weighted by Crippen LogP contribution is -2.55. The Labute approximate surface area is 180 Å². The van der Waals surface area contributed by atoms with E-state index in [1.165, 1.54) is 24.2 Å². The number of anilines is 1. The summed E-state index contributed by atoms with van der Waals surface area (Å²) in [5.74, 6) is -1.40. The van der Waals surface area contributed by atoms with Crippen LogP contribution in [0.4, 0.5) is 5.69 Å². The molecule has 1 unspecified atom stereocenters. The van der Waals surface area contributed by atoms with Gasteiger partial charge in [-0.1, -0.05) is 24.4 Å². The van der Waals surface area contributed by atoms with Gasteiger partial charge in [0.15, 0.2) is 5.65 Å². The number of hydrogen-bond donors (Lipinski definition) is 2. The second-order valence-electron chi connectivity index (χ2n) is 8.42. The van der Waals surface area contributed by atoms with Gasteiger partial charge in [0.2, 0.25) is 0 Å². The maximum atomic E-state index is 12.7. The summed E-state index contributed by atoms with van der Waals surface area (Å²) in [7, 11) is 3.11. The molecule has 1 fully saturated rings. The highest BCUT2D eigenvalue weighted by atomic mass is 16.7. The monoisotopic (exact) mass is 427 g/mol. The number of aromatic nitrogens is 3. The molecule has 0 aromatic carbocycles. The second kappa shape index (κ2) is 8.16. The second-order valence-corrected chi connectivity index (χ2v) is 8.42. The summed E-state index contributed by atoms with van der Waals surface area (Å²) in [6.45, 7) is 2.71. The number of carbonyl (C=O) groups is 2.